The molecule has 0 aromatic heterocycles. The van der Waals surface area contributed by atoms with Crippen LogP contribution in [0.2, 0.25) is 0 Å². The Morgan fingerprint density at radius 1 is 1.37 bits per heavy atom. The van der Waals surface area contributed by atoms with Crippen LogP contribution in [0.3, 0.4) is 0 Å². The highest BCUT2D eigenvalue weighted by molar-refractivity contribution is 5.82. The van der Waals surface area contributed by atoms with Crippen molar-refractivity contribution in [2.45, 2.75) is 70.9 Å². The van der Waals surface area contributed by atoms with Crippen LogP contribution in [-0.4, -0.2) is 29.2 Å². The third kappa shape index (κ3) is 5.94. The number of hydrogen-bond acceptors (Lipinski definition) is 2. The molecule has 0 heterocycles. The minimum Gasteiger partial charge on any atom is -0.480 e. The van der Waals surface area contributed by atoms with Gasteiger partial charge in [-0.15, -0.1) is 0 Å². The lowest BCUT2D eigenvalue weighted by Gasteiger charge is -2.28. The van der Waals surface area contributed by atoms with E-state index in [1.165, 1.54) is 6.42 Å². The Kier molecular flexibility index (Phi) is 6.67. The molecule has 2 unspecified atom stereocenters. The van der Waals surface area contributed by atoms with Crippen LogP contribution in [0.25, 0.3) is 0 Å². The van der Waals surface area contributed by atoms with E-state index in [2.05, 4.69) is 17.6 Å². The van der Waals surface area contributed by atoms with E-state index in [-0.39, 0.29) is 12.1 Å². The molecule has 2 amide bonds. The molecule has 1 saturated carbocycles. The Hall–Kier alpha value is -1.26. The Balaban J connectivity index is 2.37. The summed E-state index contributed by atoms with van der Waals surface area (Å²) in [5.41, 5.74) is 0. The Labute approximate surface area is 115 Å². The summed E-state index contributed by atoms with van der Waals surface area (Å²) in [6, 6.07) is -0.937. The zero-order chi connectivity index (χ0) is 14.3. The number of urea groups is 1. The summed E-state index contributed by atoms with van der Waals surface area (Å²) < 4.78 is 0. The van der Waals surface area contributed by atoms with Gasteiger partial charge in [-0.2, -0.15) is 0 Å². The molecule has 0 aromatic rings. The Morgan fingerprint density at radius 2 is 2.11 bits per heavy atom. The van der Waals surface area contributed by atoms with Gasteiger partial charge in [0, 0.05) is 6.04 Å². The van der Waals surface area contributed by atoms with E-state index < -0.39 is 12.0 Å². The van der Waals surface area contributed by atoms with E-state index in [1.54, 1.807) is 0 Å². The number of amides is 2. The molecule has 0 aliphatic heterocycles. The smallest absolute Gasteiger partial charge is 0.326 e. The van der Waals surface area contributed by atoms with E-state index in [0.717, 1.165) is 32.1 Å². The zero-order valence-corrected chi connectivity index (χ0v) is 11.9. The number of carbonyl (C=O) groups excluding carboxylic acids is 1. The van der Waals surface area contributed by atoms with Crippen LogP contribution in [0, 0.1) is 5.92 Å². The van der Waals surface area contributed by atoms with Gasteiger partial charge in [0.1, 0.15) is 6.04 Å². The third-order valence-electron chi connectivity index (χ3n) is 3.72. The first-order valence-corrected chi connectivity index (χ1v) is 7.32. The van der Waals surface area contributed by atoms with E-state index in [9.17, 15) is 9.59 Å². The second-order valence-corrected chi connectivity index (χ2v) is 5.62. The molecule has 0 bridgehead atoms. The molecule has 1 aliphatic rings. The molecule has 1 aliphatic carbocycles. The van der Waals surface area contributed by atoms with E-state index in [0.29, 0.717) is 12.3 Å². The molecule has 3 N–H and O–H groups in total. The lowest BCUT2D eigenvalue weighted by Crippen LogP contribution is -2.49. The van der Waals surface area contributed by atoms with Crippen molar-refractivity contribution in [2.75, 3.05) is 0 Å². The minimum atomic E-state index is -0.958. The first kappa shape index (κ1) is 15.8. The number of rotatable bonds is 6. The van der Waals surface area contributed by atoms with Crippen LogP contribution >= 0.6 is 0 Å². The molecule has 3 atom stereocenters. The summed E-state index contributed by atoms with van der Waals surface area (Å²) in [4.78, 5) is 22.9. The average Bonchev–Trinajstić information content (AvgIpc) is 2.34. The molecular formula is C14H26N2O3. The molecular weight excluding hydrogens is 244 g/mol. The van der Waals surface area contributed by atoms with Gasteiger partial charge >= 0.3 is 12.0 Å². The van der Waals surface area contributed by atoms with Crippen molar-refractivity contribution in [3.05, 3.63) is 0 Å². The Morgan fingerprint density at radius 3 is 2.68 bits per heavy atom. The largest absolute Gasteiger partial charge is 0.480 e. The van der Waals surface area contributed by atoms with Crippen molar-refractivity contribution in [1.29, 1.82) is 0 Å². The van der Waals surface area contributed by atoms with Crippen molar-refractivity contribution in [1.82, 2.24) is 10.6 Å². The number of nitrogens with one attached hydrogen (secondary N) is 2. The molecule has 0 saturated heterocycles. The van der Waals surface area contributed by atoms with Crippen LogP contribution < -0.4 is 10.6 Å². The number of carboxylic acids is 1. The first-order chi connectivity index (χ1) is 9.02. The van der Waals surface area contributed by atoms with Crippen molar-refractivity contribution < 1.29 is 14.7 Å². The quantitative estimate of drug-likeness (QED) is 0.694. The van der Waals surface area contributed by atoms with Gasteiger partial charge in [-0.3, -0.25) is 0 Å². The second kappa shape index (κ2) is 8.02. The van der Waals surface area contributed by atoms with Gasteiger partial charge < -0.3 is 15.7 Å². The van der Waals surface area contributed by atoms with Crippen LogP contribution in [0.4, 0.5) is 4.79 Å². The number of aliphatic carboxylic acids is 1. The fraction of sp³-hybridized carbons (Fsp3) is 0.857. The predicted octanol–water partition coefficient (Wildman–Crippen LogP) is 2.51. The van der Waals surface area contributed by atoms with E-state index in [1.807, 2.05) is 6.92 Å². The predicted molar refractivity (Wildman–Crippen MR) is 74.0 cm³/mol. The summed E-state index contributed by atoms with van der Waals surface area (Å²) in [5, 5.41) is 14.5. The summed E-state index contributed by atoms with van der Waals surface area (Å²) in [6.45, 7) is 4.19. The number of carbonyl (C=O) groups is 2. The standard InChI is InChI=1S/C14H26N2O3/c1-3-4-8-12(13(17)18)16-14(19)15-11-7-5-6-10(2)9-11/h10-12H,3-9H2,1-2H3,(H,17,18)(H2,15,16,19)/t10?,11?,12-/m0/s1. The van der Waals surface area contributed by atoms with Crippen molar-refractivity contribution in [3.8, 4) is 0 Å². The van der Waals surface area contributed by atoms with Crippen molar-refractivity contribution >= 4 is 12.0 Å². The highest BCUT2D eigenvalue weighted by Gasteiger charge is 2.23. The molecule has 0 radical (unpaired) electrons. The molecule has 0 aromatic carbocycles. The van der Waals surface area contributed by atoms with Gasteiger partial charge in [-0.25, -0.2) is 9.59 Å². The maximum absolute atomic E-state index is 11.8. The molecule has 5 nitrogen and oxygen atoms in total. The van der Waals surface area contributed by atoms with Gasteiger partial charge in [0.05, 0.1) is 0 Å². The summed E-state index contributed by atoms with van der Waals surface area (Å²) in [6.07, 6.45) is 6.54. The highest BCUT2D eigenvalue weighted by atomic mass is 16.4. The van der Waals surface area contributed by atoms with E-state index in [4.69, 9.17) is 5.11 Å². The molecule has 1 rings (SSSR count). The fourth-order valence-corrected chi connectivity index (χ4v) is 2.62. The maximum Gasteiger partial charge on any atom is 0.326 e. The van der Waals surface area contributed by atoms with Gasteiger partial charge in [-0.1, -0.05) is 39.5 Å². The van der Waals surface area contributed by atoms with E-state index >= 15 is 0 Å². The molecule has 0 spiro atoms. The highest BCUT2D eigenvalue weighted by Crippen LogP contribution is 2.23. The number of hydrogen-bond donors (Lipinski definition) is 3. The monoisotopic (exact) mass is 270 g/mol. The fourth-order valence-electron chi connectivity index (χ4n) is 2.62. The van der Waals surface area contributed by atoms with Gasteiger partial charge in [0.2, 0.25) is 0 Å². The van der Waals surface area contributed by atoms with Crippen LogP contribution in [0.5, 0.6) is 0 Å². The van der Waals surface area contributed by atoms with Gasteiger partial charge in [-0.05, 0) is 25.2 Å². The SMILES string of the molecule is CCCC[C@H](NC(=O)NC1CCCC(C)C1)C(=O)O. The Bertz CT molecular complexity index is 307. The summed E-state index contributed by atoms with van der Waals surface area (Å²) in [7, 11) is 0. The lowest BCUT2D eigenvalue weighted by molar-refractivity contribution is -0.139. The topological polar surface area (TPSA) is 78.4 Å². The minimum absolute atomic E-state index is 0.185. The van der Waals surface area contributed by atoms with Crippen LogP contribution in [0.1, 0.15) is 58.8 Å². The molecule has 19 heavy (non-hydrogen) atoms. The normalized spacial score (nSPS) is 24.5. The summed E-state index contributed by atoms with van der Waals surface area (Å²) in [5.74, 6) is -0.324. The van der Waals surface area contributed by atoms with Gasteiger partial charge in [0.15, 0.2) is 0 Å². The molecule has 1 fully saturated rings. The van der Waals surface area contributed by atoms with Gasteiger partial charge in [0.25, 0.3) is 0 Å². The van der Waals surface area contributed by atoms with Crippen LogP contribution in [0.15, 0.2) is 0 Å². The third-order valence-corrected chi connectivity index (χ3v) is 3.72. The molecule has 110 valence electrons. The number of carboxylic acid groups (broad SMARTS) is 1. The summed E-state index contributed by atoms with van der Waals surface area (Å²) >= 11 is 0. The lowest BCUT2D eigenvalue weighted by atomic mass is 9.87. The maximum atomic E-state index is 11.8. The zero-order valence-electron chi connectivity index (χ0n) is 11.9. The molecule has 5 heteroatoms. The average molecular weight is 270 g/mol. The van der Waals surface area contributed by atoms with Crippen molar-refractivity contribution in [3.63, 3.8) is 0 Å². The second-order valence-electron chi connectivity index (χ2n) is 5.62. The number of unbranched alkanes of at least 4 members (excludes halogenated alkanes) is 1. The first-order valence-electron chi connectivity index (χ1n) is 7.32. The van der Waals surface area contributed by atoms with Crippen molar-refractivity contribution in [2.24, 2.45) is 5.92 Å². The van der Waals surface area contributed by atoms with Crippen LogP contribution in [-0.2, 0) is 4.79 Å².